The minimum atomic E-state index is -0.782. The van der Waals surface area contributed by atoms with Crippen LogP contribution in [-0.2, 0) is 4.79 Å². The van der Waals surface area contributed by atoms with Crippen LogP contribution in [-0.4, -0.2) is 33.6 Å². The number of carboxylic acid groups (broad SMARTS) is 1. The molecule has 5 nitrogen and oxygen atoms in total. The van der Waals surface area contributed by atoms with Crippen molar-refractivity contribution >= 4 is 11.8 Å². The van der Waals surface area contributed by atoms with Crippen molar-refractivity contribution in [1.29, 1.82) is 0 Å². The van der Waals surface area contributed by atoms with Gasteiger partial charge < -0.3 is 10.0 Å². The smallest absolute Gasteiger partial charge is 0.326 e. The summed E-state index contributed by atoms with van der Waals surface area (Å²) >= 11 is 0. The highest BCUT2D eigenvalue weighted by Gasteiger charge is 2.38. The van der Waals surface area contributed by atoms with Gasteiger partial charge in [-0.05, 0) is 19.3 Å². The summed E-state index contributed by atoms with van der Waals surface area (Å²) < 4.78 is 0. The summed E-state index contributed by atoms with van der Waals surface area (Å²) in [4.78, 5) is 21.4. The number of hydrogen-bond donors (Lipinski definition) is 1. The molecule has 2 unspecified atom stereocenters. The third kappa shape index (κ3) is 1.73. The van der Waals surface area contributed by atoms with Crippen LogP contribution >= 0.6 is 0 Å². The summed E-state index contributed by atoms with van der Waals surface area (Å²) in [6, 6.07) is -0.476. The summed E-state index contributed by atoms with van der Waals surface area (Å²) in [7, 11) is 0. The Hall–Kier alpha value is -1.65. The van der Waals surface area contributed by atoms with Crippen molar-refractivity contribution in [3.63, 3.8) is 0 Å². The van der Waals surface area contributed by atoms with Crippen molar-refractivity contribution in [3.05, 3.63) is 18.1 Å². The fourth-order valence-corrected chi connectivity index (χ4v) is 2.24. The van der Waals surface area contributed by atoms with Gasteiger partial charge in [-0.3, -0.25) is 4.98 Å². The number of hydrogen-bond acceptors (Lipinski definition) is 4. The normalized spacial score (nSPS) is 24.8. The van der Waals surface area contributed by atoms with Crippen molar-refractivity contribution in [3.8, 4) is 0 Å². The van der Waals surface area contributed by atoms with Crippen LogP contribution in [0.3, 0.4) is 0 Å². The Kier molecular flexibility index (Phi) is 2.77. The zero-order valence-electron chi connectivity index (χ0n) is 9.42. The number of aromatic nitrogens is 2. The zero-order valence-corrected chi connectivity index (χ0v) is 9.42. The molecule has 0 radical (unpaired) electrons. The molecule has 16 heavy (non-hydrogen) atoms. The summed E-state index contributed by atoms with van der Waals surface area (Å²) in [5.74, 6) is 0.0632. The summed E-state index contributed by atoms with van der Waals surface area (Å²) in [6.45, 7) is 4.55. The first-order valence-electron chi connectivity index (χ1n) is 5.38. The Labute approximate surface area is 94.1 Å². The molecule has 0 amide bonds. The molecule has 1 fully saturated rings. The van der Waals surface area contributed by atoms with Gasteiger partial charge in [-0.25, -0.2) is 9.78 Å². The van der Waals surface area contributed by atoms with E-state index in [1.54, 1.807) is 12.4 Å². The molecule has 2 atom stereocenters. The molecule has 0 spiro atoms. The van der Waals surface area contributed by atoms with Gasteiger partial charge in [-0.2, -0.15) is 0 Å². The molecular weight excluding hydrogens is 206 g/mol. The standard InChI is InChI=1S/C11H15N3O2/c1-7-3-6-14(9(7)11(15)16)10-8(2)12-4-5-13-10/h4-5,7,9H,3,6H2,1-2H3,(H,15,16). The van der Waals surface area contributed by atoms with E-state index >= 15 is 0 Å². The van der Waals surface area contributed by atoms with E-state index in [1.807, 2.05) is 18.7 Å². The van der Waals surface area contributed by atoms with E-state index in [2.05, 4.69) is 9.97 Å². The molecule has 0 saturated carbocycles. The number of aliphatic carboxylic acids is 1. The number of aryl methyl sites for hydroxylation is 1. The Morgan fingerprint density at radius 1 is 1.50 bits per heavy atom. The number of anilines is 1. The molecule has 1 aromatic rings. The van der Waals surface area contributed by atoms with Crippen LogP contribution in [0.4, 0.5) is 5.82 Å². The second kappa shape index (κ2) is 4.08. The van der Waals surface area contributed by atoms with E-state index < -0.39 is 12.0 Å². The Morgan fingerprint density at radius 3 is 2.81 bits per heavy atom. The van der Waals surface area contributed by atoms with Gasteiger partial charge >= 0.3 is 5.97 Å². The maximum Gasteiger partial charge on any atom is 0.326 e. The van der Waals surface area contributed by atoms with Crippen LogP contribution in [0.25, 0.3) is 0 Å². The Balaban J connectivity index is 2.34. The van der Waals surface area contributed by atoms with Gasteiger partial charge in [0.05, 0.1) is 5.69 Å². The number of rotatable bonds is 2. The number of nitrogens with zero attached hydrogens (tertiary/aromatic N) is 3. The van der Waals surface area contributed by atoms with Gasteiger partial charge in [0.1, 0.15) is 6.04 Å². The maximum atomic E-state index is 11.2. The van der Waals surface area contributed by atoms with Crippen LogP contribution < -0.4 is 4.90 Å². The molecule has 2 heterocycles. The fraction of sp³-hybridized carbons (Fsp3) is 0.545. The van der Waals surface area contributed by atoms with Crippen LogP contribution in [0.5, 0.6) is 0 Å². The first-order chi connectivity index (χ1) is 7.61. The van der Waals surface area contributed by atoms with Gasteiger partial charge in [0, 0.05) is 18.9 Å². The average molecular weight is 221 g/mol. The first kappa shape index (κ1) is 10.9. The minimum Gasteiger partial charge on any atom is -0.480 e. The molecule has 0 bridgehead atoms. The molecule has 1 aliphatic rings. The van der Waals surface area contributed by atoms with Gasteiger partial charge in [-0.15, -0.1) is 0 Å². The predicted molar refractivity (Wildman–Crippen MR) is 59.3 cm³/mol. The molecule has 1 saturated heterocycles. The lowest BCUT2D eigenvalue weighted by molar-refractivity contribution is -0.139. The van der Waals surface area contributed by atoms with Gasteiger partial charge in [0.25, 0.3) is 0 Å². The van der Waals surface area contributed by atoms with Crippen LogP contribution in [0.15, 0.2) is 12.4 Å². The maximum absolute atomic E-state index is 11.2. The van der Waals surface area contributed by atoms with E-state index in [4.69, 9.17) is 0 Å². The highest BCUT2D eigenvalue weighted by molar-refractivity contribution is 5.79. The lowest BCUT2D eigenvalue weighted by atomic mass is 10.0. The summed E-state index contributed by atoms with van der Waals surface area (Å²) in [5, 5.41) is 9.22. The molecule has 0 aliphatic carbocycles. The number of carboxylic acids is 1. The molecule has 0 aromatic carbocycles. The first-order valence-corrected chi connectivity index (χ1v) is 5.38. The van der Waals surface area contributed by atoms with E-state index in [0.29, 0.717) is 5.82 Å². The Bertz CT molecular complexity index is 408. The van der Waals surface area contributed by atoms with Crippen molar-refractivity contribution in [2.24, 2.45) is 5.92 Å². The molecule has 1 aliphatic heterocycles. The molecule has 1 N–H and O–H groups in total. The van der Waals surface area contributed by atoms with Crippen molar-refractivity contribution < 1.29 is 9.90 Å². The third-order valence-electron chi connectivity index (χ3n) is 3.08. The SMILES string of the molecule is Cc1nccnc1N1CCC(C)C1C(=O)O. The fourth-order valence-electron chi connectivity index (χ4n) is 2.24. The largest absolute Gasteiger partial charge is 0.480 e. The molecule has 1 aromatic heterocycles. The third-order valence-corrected chi connectivity index (χ3v) is 3.08. The van der Waals surface area contributed by atoms with Crippen molar-refractivity contribution in [2.45, 2.75) is 26.3 Å². The van der Waals surface area contributed by atoms with Crippen LogP contribution in [0.2, 0.25) is 0 Å². The second-order valence-corrected chi connectivity index (χ2v) is 4.21. The van der Waals surface area contributed by atoms with Crippen molar-refractivity contribution in [2.75, 3.05) is 11.4 Å². The lowest BCUT2D eigenvalue weighted by Crippen LogP contribution is -2.39. The average Bonchev–Trinajstić information content (AvgIpc) is 2.61. The van der Waals surface area contributed by atoms with Crippen LogP contribution in [0.1, 0.15) is 19.0 Å². The second-order valence-electron chi connectivity index (χ2n) is 4.21. The molecular formula is C11H15N3O2. The van der Waals surface area contributed by atoms with E-state index in [0.717, 1.165) is 18.7 Å². The molecule has 5 heteroatoms. The van der Waals surface area contributed by atoms with E-state index in [1.165, 1.54) is 0 Å². The van der Waals surface area contributed by atoms with Gasteiger partial charge in [0.2, 0.25) is 0 Å². The topological polar surface area (TPSA) is 66.3 Å². The Morgan fingerprint density at radius 2 is 2.19 bits per heavy atom. The molecule has 2 rings (SSSR count). The van der Waals surface area contributed by atoms with E-state index in [9.17, 15) is 9.90 Å². The zero-order chi connectivity index (χ0) is 11.7. The summed E-state index contributed by atoms with van der Waals surface area (Å²) in [6.07, 6.45) is 4.10. The molecule has 86 valence electrons. The van der Waals surface area contributed by atoms with E-state index in [-0.39, 0.29) is 5.92 Å². The van der Waals surface area contributed by atoms with Gasteiger partial charge in [0.15, 0.2) is 5.82 Å². The van der Waals surface area contributed by atoms with Crippen LogP contribution in [0, 0.1) is 12.8 Å². The quantitative estimate of drug-likeness (QED) is 0.809. The predicted octanol–water partition coefficient (Wildman–Crippen LogP) is 1.08. The van der Waals surface area contributed by atoms with Gasteiger partial charge in [-0.1, -0.05) is 6.92 Å². The summed E-state index contributed by atoms with van der Waals surface area (Å²) in [5.41, 5.74) is 0.780. The monoisotopic (exact) mass is 221 g/mol. The highest BCUT2D eigenvalue weighted by atomic mass is 16.4. The highest BCUT2D eigenvalue weighted by Crippen LogP contribution is 2.29. The number of carbonyl (C=O) groups is 1. The minimum absolute atomic E-state index is 0.152. The lowest BCUT2D eigenvalue weighted by Gasteiger charge is -2.25. The van der Waals surface area contributed by atoms with Crippen molar-refractivity contribution in [1.82, 2.24) is 9.97 Å².